The summed E-state index contributed by atoms with van der Waals surface area (Å²) < 4.78 is 31.9. The summed E-state index contributed by atoms with van der Waals surface area (Å²) in [4.78, 5) is 0. The van der Waals surface area contributed by atoms with Crippen molar-refractivity contribution in [3.63, 3.8) is 0 Å². The van der Waals surface area contributed by atoms with E-state index in [0.717, 1.165) is 25.7 Å². The molecule has 0 spiro atoms. The van der Waals surface area contributed by atoms with Gasteiger partial charge in [-0.15, -0.1) is 12.4 Å². The van der Waals surface area contributed by atoms with E-state index in [-0.39, 0.29) is 36.2 Å². The van der Waals surface area contributed by atoms with Crippen LogP contribution in [0.15, 0.2) is 0 Å². The minimum atomic E-state index is -3.19. The number of halogens is 1. The molecule has 0 radical (unpaired) electrons. The average Bonchev–Trinajstić information content (AvgIpc) is 2.81. The lowest BCUT2D eigenvalue weighted by Crippen LogP contribution is -2.52. The standard InChI is InChI=1S/C12H24N2O3S.ClH/c1-10(13)12-4-2-3-6-14(12)18(15,16)9-11-5-7-17-8-11;/h10-12H,2-9,13H2,1H3;1H. The predicted molar refractivity (Wildman–Crippen MR) is 78.0 cm³/mol. The first-order chi connectivity index (χ1) is 8.50. The minimum absolute atomic E-state index is 0. The van der Waals surface area contributed by atoms with E-state index < -0.39 is 10.0 Å². The summed E-state index contributed by atoms with van der Waals surface area (Å²) in [5.41, 5.74) is 5.93. The molecular formula is C12H25ClN2O3S. The normalized spacial score (nSPS) is 30.8. The Hall–Kier alpha value is 0.120. The third-order valence-electron chi connectivity index (χ3n) is 3.93. The molecule has 19 heavy (non-hydrogen) atoms. The van der Waals surface area contributed by atoms with Crippen LogP contribution in [0.2, 0.25) is 0 Å². The molecule has 3 unspecified atom stereocenters. The van der Waals surface area contributed by atoms with Gasteiger partial charge in [-0.3, -0.25) is 0 Å². The fourth-order valence-corrected chi connectivity index (χ4v) is 5.08. The molecule has 0 aromatic carbocycles. The van der Waals surface area contributed by atoms with Crippen LogP contribution in [0.25, 0.3) is 0 Å². The fraction of sp³-hybridized carbons (Fsp3) is 1.00. The monoisotopic (exact) mass is 312 g/mol. The van der Waals surface area contributed by atoms with Crippen molar-refractivity contribution in [3.8, 4) is 0 Å². The van der Waals surface area contributed by atoms with E-state index in [4.69, 9.17) is 10.5 Å². The first-order valence-electron chi connectivity index (χ1n) is 6.83. The first kappa shape index (κ1) is 17.2. The highest BCUT2D eigenvalue weighted by atomic mass is 35.5. The van der Waals surface area contributed by atoms with E-state index in [2.05, 4.69) is 0 Å². The van der Waals surface area contributed by atoms with Crippen molar-refractivity contribution < 1.29 is 13.2 Å². The van der Waals surface area contributed by atoms with Crippen molar-refractivity contribution in [2.75, 3.05) is 25.5 Å². The molecule has 2 N–H and O–H groups in total. The van der Waals surface area contributed by atoms with Gasteiger partial charge in [0, 0.05) is 25.2 Å². The highest BCUT2D eigenvalue weighted by Gasteiger charge is 2.36. The molecule has 0 aromatic heterocycles. The van der Waals surface area contributed by atoms with E-state index in [1.165, 1.54) is 0 Å². The number of piperidine rings is 1. The van der Waals surface area contributed by atoms with Gasteiger partial charge in [0.1, 0.15) is 0 Å². The third-order valence-corrected chi connectivity index (χ3v) is 5.99. The van der Waals surface area contributed by atoms with Crippen molar-refractivity contribution in [2.45, 2.75) is 44.7 Å². The predicted octanol–water partition coefficient (Wildman–Crippen LogP) is 0.976. The second kappa shape index (κ2) is 7.22. The van der Waals surface area contributed by atoms with Gasteiger partial charge in [-0.2, -0.15) is 4.31 Å². The number of rotatable bonds is 4. The van der Waals surface area contributed by atoms with Crippen LogP contribution in [-0.2, 0) is 14.8 Å². The Morgan fingerprint density at radius 1 is 1.37 bits per heavy atom. The molecular weight excluding hydrogens is 288 g/mol. The van der Waals surface area contributed by atoms with Crippen molar-refractivity contribution in [2.24, 2.45) is 11.7 Å². The highest BCUT2D eigenvalue weighted by molar-refractivity contribution is 7.89. The molecule has 2 fully saturated rings. The van der Waals surface area contributed by atoms with Crippen LogP contribution in [0.1, 0.15) is 32.6 Å². The number of nitrogens with two attached hydrogens (primary N) is 1. The van der Waals surface area contributed by atoms with E-state index in [1.54, 1.807) is 4.31 Å². The maximum atomic E-state index is 12.5. The molecule has 2 rings (SSSR count). The lowest BCUT2D eigenvalue weighted by molar-refractivity contribution is 0.187. The summed E-state index contributed by atoms with van der Waals surface area (Å²) in [7, 11) is -3.19. The maximum absolute atomic E-state index is 12.5. The molecule has 114 valence electrons. The summed E-state index contributed by atoms with van der Waals surface area (Å²) >= 11 is 0. The summed E-state index contributed by atoms with van der Waals surface area (Å²) in [6, 6.07) is -0.119. The smallest absolute Gasteiger partial charge is 0.214 e. The number of nitrogens with zero attached hydrogens (tertiary/aromatic N) is 1. The molecule has 7 heteroatoms. The van der Waals surface area contributed by atoms with Crippen LogP contribution in [-0.4, -0.2) is 50.3 Å². The highest BCUT2D eigenvalue weighted by Crippen LogP contribution is 2.25. The molecule has 2 aliphatic heterocycles. The fourth-order valence-electron chi connectivity index (χ4n) is 2.91. The van der Waals surface area contributed by atoms with Crippen LogP contribution >= 0.6 is 12.4 Å². The van der Waals surface area contributed by atoms with E-state index in [1.807, 2.05) is 6.92 Å². The van der Waals surface area contributed by atoms with Crippen molar-refractivity contribution >= 4 is 22.4 Å². The Bertz CT molecular complexity index is 369. The molecule has 2 saturated heterocycles. The van der Waals surface area contributed by atoms with Crippen LogP contribution in [0.5, 0.6) is 0 Å². The lowest BCUT2D eigenvalue weighted by atomic mass is 10.00. The zero-order valence-corrected chi connectivity index (χ0v) is 13.1. The Balaban J connectivity index is 0.00000180. The van der Waals surface area contributed by atoms with Gasteiger partial charge in [0.2, 0.25) is 10.0 Å². The summed E-state index contributed by atoms with van der Waals surface area (Å²) in [6.07, 6.45) is 3.77. The Morgan fingerprint density at radius 3 is 2.68 bits per heavy atom. The first-order valence-corrected chi connectivity index (χ1v) is 8.44. The molecule has 0 bridgehead atoms. The van der Waals surface area contributed by atoms with E-state index in [9.17, 15) is 8.42 Å². The van der Waals surface area contributed by atoms with Gasteiger partial charge < -0.3 is 10.5 Å². The molecule has 2 aliphatic rings. The largest absolute Gasteiger partial charge is 0.381 e. The lowest BCUT2D eigenvalue weighted by Gasteiger charge is -2.37. The molecule has 2 heterocycles. The molecule has 5 nitrogen and oxygen atoms in total. The van der Waals surface area contributed by atoms with Gasteiger partial charge >= 0.3 is 0 Å². The topological polar surface area (TPSA) is 72.6 Å². The molecule has 0 aromatic rings. The van der Waals surface area contributed by atoms with Gasteiger partial charge in [0.15, 0.2) is 0 Å². The summed E-state index contributed by atoms with van der Waals surface area (Å²) in [5, 5.41) is 0. The number of hydrogen-bond donors (Lipinski definition) is 1. The summed E-state index contributed by atoms with van der Waals surface area (Å²) in [6.45, 7) is 3.80. The summed E-state index contributed by atoms with van der Waals surface area (Å²) in [5.74, 6) is 0.376. The molecule has 0 aliphatic carbocycles. The number of hydrogen-bond acceptors (Lipinski definition) is 4. The Morgan fingerprint density at radius 2 is 2.11 bits per heavy atom. The van der Waals surface area contributed by atoms with Gasteiger partial charge in [-0.25, -0.2) is 8.42 Å². The number of sulfonamides is 1. The average molecular weight is 313 g/mol. The molecule has 0 amide bonds. The molecule has 0 saturated carbocycles. The number of ether oxygens (including phenoxy) is 1. The Kier molecular flexibility index (Phi) is 6.53. The third kappa shape index (κ3) is 4.29. The quantitative estimate of drug-likeness (QED) is 0.840. The second-order valence-electron chi connectivity index (χ2n) is 5.54. The van der Waals surface area contributed by atoms with Crippen LogP contribution in [0, 0.1) is 5.92 Å². The zero-order valence-electron chi connectivity index (χ0n) is 11.5. The minimum Gasteiger partial charge on any atom is -0.381 e. The van der Waals surface area contributed by atoms with Crippen molar-refractivity contribution in [3.05, 3.63) is 0 Å². The zero-order chi connectivity index (χ0) is 13.2. The van der Waals surface area contributed by atoms with Gasteiger partial charge in [0.05, 0.1) is 12.4 Å². The van der Waals surface area contributed by atoms with Gasteiger partial charge in [-0.05, 0) is 32.1 Å². The SMILES string of the molecule is CC(N)C1CCCCN1S(=O)(=O)CC1CCOC1.Cl. The van der Waals surface area contributed by atoms with Crippen molar-refractivity contribution in [1.82, 2.24) is 4.31 Å². The molecule has 3 atom stereocenters. The van der Waals surface area contributed by atoms with Crippen molar-refractivity contribution in [1.29, 1.82) is 0 Å². The van der Waals surface area contributed by atoms with Crippen LogP contribution < -0.4 is 5.73 Å². The van der Waals surface area contributed by atoms with Crippen LogP contribution in [0.4, 0.5) is 0 Å². The van der Waals surface area contributed by atoms with Crippen LogP contribution in [0.3, 0.4) is 0 Å². The van der Waals surface area contributed by atoms with E-state index in [0.29, 0.717) is 19.8 Å². The maximum Gasteiger partial charge on any atom is 0.214 e. The second-order valence-corrected chi connectivity index (χ2v) is 7.51. The van der Waals surface area contributed by atoms with Gasteiger partial charge in [0.25, 0.3) is 0 Å². The Labute approximate surface area is 122 Å². The van der Waals surface area contributed by atoms with E-state index >= 15 is 0 Å². The van der Waals surface area contributed by atoms with Gasteiger partial charge in [-0.1, -0.05) is 6.42 Å².